The molecule has 0 aromatic heterocycles. The van der Waals surface area contributed by atoms with Crippen molar-refractivity contribution in [3.05, 3.63) is 54.1 Å². The quantitative estimate of drug-likeness (QED) is 0.675. The molecule has 2 aromatic carbocycles. The van der Waals surface area contributed by atoms with Gasteiger partial charge in [0.25, 0.3) is 5.91 Å². The van der Waals surface area contributed by atoms with Crippen molar-refractivity contribution in [1.29, 1.82) is 0 Å². The van der Waals surface area contributed by atoms with Crippen LogP contribution in [0.2, 0.25) is 0 Å². The number of hydrogen-bond donors (Lipinski definition) is 2. The van der Waals surface area contributed by atoms with Crippen molar-refractivity contribution in [3.8, 4) is 5.75 Å². The molecule has 32 heavy (non-hydrogen) atoms. The predicted molar refractivity (Wildman–Crippen MR) is 117 cm³/mol. The highest BCUT2D eigenvalue weighted by molar-refractivity contribution is 6.10. The van der Waals surface area contributed by atoms with Gasteiger partial charge in [0.15, 0.2) is 0 Å². The summed E-state index contributed by atoms with van der Waals surface area (Å²) in [5, 5.41) is 5.36. The van der Waals surface area contributed by atoms with E-state index in [4.69, 9.17) is 4.74 Å². The van der Waals surface area contributed by atoms with Crippen molar-refractivity contribution in [3.63, 3.8) is 0 Å². The van der Waals surface area contributed by atoms with Gasteiger partial charge in [0.05, 0.1) is 7.11 Å². The van der Waals surface area contributed by atoms with Crippen molar-refractivity contribution >= 4 is 35.1 Å². The number of rotatable bonds is 6. The molecule has 2 saturated heterocycles. The Kier molecular flexibility index (Phi) is 5.56. The van der Waals surface area contributed by atoms with Crippen molar-refractivity contribution in [2.45, 2.75) is 25.3 Å². The van der Waals surface area contributed by atoms with Crippen LogP contribution in [0, 0.1) is 0 Å². The first-order valence-electron chi connectivity index (χ1n) is 10.3. The number of ether oxygens (including phenoxy) is 1. The van der Waals surface area contributed by atoms with E-state index in [1.165, 1.54) is 0 Å². The van der Waals surface area contributed by atoms with Gasteiger partial charge in [-0.05, 0) is 55.3 Å². The van der Waals surface area contributed by atoms with Crippen molar-refractivity contribution in [2.24, 2.45) is 0 Å². The maximum atomic E-state index is 13.0. The molecule has 0 bridgehead atoms. The normalized spacial score (nSPS) is 20.5. The number of nitrogens with one attached hydrogen (secondary N) is 2. The maximum absolute atomic E-state index is 13.0. The van der Waals surface area contributed by atoms with Gasteiger partial charge in [-0.2, -0.15) is 0 Å². The Hall–Kier alpha value is -3.88. The lowest BCUT2D eigenvalue weighted by molar-refractivity contribution is -0.133. The van der Waals surface area contributed by atoms with Crippen molar-refractivity contribution < 1.29 is 23.9 Å². The minimum Gasteiger partial charge on any atom is -0.497 e. The fourth-order valence-corrected chi connectivity index (χ4v) is 3.95. The third-order valence-corrected chi connectivity index (χ3v) is 5.78. The van der Waals surface area contributed by atoms with Gasteiger partial charge in [0.1, 0.15) is 17.8 Å². The molecule has 2 aliphatic rings. The molecule has 0 spiro atoms. The Bertz CT molecular complexity index is 1070. The molecule has 166 valence electrons. The van der Waals surface area contributed by atoms with E-state index in [0.717, 1.165) is 17.0 Å². The van der Waals surface area contributed by atoms with Gasteiger partial charge >= 0.3 is 6.03 Å². The molecule has 0 saturated carbocycles. The van der Waals surface area contributed by atoms with Crippen LogP contribution in [0.15, 0.2) is 48.5 Å². The molecule has 2 aromatic rings. The Morgan fingerprint density at radius 2 is 1.78 bits per heavy atom. The molecule has 0 radical (unpaired) electrons. The van der Waals surface area contributed by atoms with Crippen LogP contribution in [0.1, 0.15) is 25.3 Å². The number of methoxy groups -OCH3 is 1. The number of anilines is 2. The van der Waals surface area contributed by atoms with Gasteiger partial charge in [0, 0.05) is 24.3 Å². The SMILES string of the molecule is COc1ccc([C@@]2(C)NC(=O)N(CC(=O)Nc3ccc(N4CCCC4=O)cc3)C2=O)cc1. The van der Waals surface area contributed by atoms with Gasteiger partial charge < -0.3 is 20.3 Å². The zero-order valence-corrected chi connectivity index (χ0v) is 17.9. The van der Waals surface area contributed by atoms with E-state index in [1.54, 1.807) is 67.5 Å². The van der Waals surface area contributed by atoms with E-state index >= 15 is 0 Å². The Morgan fingerprint density at radius 3 is 2.38 bits per heavy atom. The summed E-state index contributed by atoms with van der Waals surface area (Å²) in [4.78, 5) is 52.4. The summed E-state index contributed by atoms with van der Waals surface area (Å²) in [5.74, 6) is -0.297. The summed E-state index contributed by atoms with van der Waals surface area (Å²) < 4.78 is 5.13. The number of urea groups is 1. The topological polar surface area (TPSA) is 108 Å². The minimum absolute atomic E-state index is 0.0836. The monoisotopic (exact) mass is 436 g/mol. The van der Waals surface area contributed by atoms with Gasteiger partial charge in [-0.25, -0.2) is 4.79 Å². The van der Waals surface area contributed by atoms with Gasteiger partial charge in [0.2, 0.25) is 11.8 Å². The highest BCUT2D eigenvalue weighted by Gasteiger charge is 2.49. The molecular formula is C23H24N4O5. The van der Waals surface area contributed by atoms with Crippen LogP contribution in [0.3, 0.4) is 0 Å². The molecule has 1 atom stereocenters. The molecule has 9 nitrogen and oxygen atoms in total. The number of hydrogen-bond acceptors (Lipinski definition) is 5. The number of carbonyl (C=O) groups is 4. The average molecular weight is 436 g/mol. The largest absolute Gasteiger partial charge is 0.497 e. The first-order chi connectivity index (χ1) is 15.3. The average Bonchev–Trinajstić information content (AvgIpc) is 3.31. The van der Waals surface area contributed by atoms with Gasteiger partial charge in [-0.15, -0.1) is 0 Å². The van der Waals surface area contributed by atoms with Crippen molar-refractivity contribution in [1.82, 2.24) is 10.2 Å². The van der Waals surface area contributed by atoms with E-state index in [0.29, 0.717) is 30.0 Å². The van der Waals surface area contributed by atoms with E-state index in [2.05, 4.69) is 10.6 Å². The second-order valence-corrected chi connectivity index (χ2v) is 7.92. The van der Waals surface area contributed by atoms with E-state index in [9.17, 15) is 19.2 Å². The summed E-state index contributed by atoms with van der Waals surface area (Å²) in [6, 6.07) is 13.1. The molecule has 2 N–H and O–H groups in total. The van der Waals surface area contributed by atoms with Crippen LogP contribution in [-0.2, 0) is 19.9 Å². The molecule has 2 aliphatic heterocycles. The fraction of sp³-hybridized carbons (Fsp3) is 0.304. The zero-order valence-electron chi connectivity index (χ0n) is 17.9. The standard InChI is InChI=1S/C23H24N4O5/c1-23(15-5-11-18(32-2)12-6-15)21(30)27(22(31)25-23)14-19(28)24-16-7-9-17(10-8-16)26-13-3-4-20(26)29/h5-12H,3-4,13-14H2,1-2H3,(H,24,28)(H,25,31)/t23-/m1/s1. The minimum atomic E-state index is -1.27. The van der Waals surface area contributed by atoms with Crippen LogP contribution in [0.5, 0.6) is 5.75 Å². The lowest BCUT2D eigenvalue weighted by Gasteiger charge is -2.22. The fourth-order valence-electron chi connectivity index (χ4n) is 3.95. The molecule has 2 heterocycles. The number of amides is 5. The Labute approximate surface area is 185 Å². The van der Waals surface area contributed by atoms with Crippen LogP contribution >= 0.6 is 0 Å². The van der Waals surface area contributed by atoms with Crippen LogP contribution in [0.25, 0.3) is 0 Å². The summed E-state index contributed by atoms with van der Waals surface area (Å²) >= 11 is 0. The third kappa shape index (κ3) is 3.89. The predicted octanol–water partition coefficient (Wildman–Crippen LogP) is 2.23. The van der Waals surface area contributed by atoms with Crippen LogP contribution < -0.4 is 20.3 Å². The summed E-state index contributed by atoms with van der Waals surface area (Å²) in [5.41, 5.74) is 0.602. The van der Waals surface area contributed by atoms with E-state index in [1.807, 2.05) is 0 Å². The van der Waals surface area contributed by atoms with E-state index < -0.39 is 29.9 Å². The molecule has 0 aliphatic carbocycles. The second-order valence-electron chi connectivity index (χ2n) is 7.92. The lowest BCUT2D eigenvalue weighted by Crippen LogP contribution is -2.42. The maximum Gasteiger partial charge on any atom is 0.325 e. The Balaban J connectivity index is 1.41. The number of nitrogens with zero attached hydrogens (tertiary/aromatic N) is 2. The highest BCUT2D eigenvalue weighted by atomic mass is 16.5. The summed E-state index contributed by atoms with van der Waals surface area (Å²) in [7, 11) is 1.54. The van der Waals surface area contributed by atoms with E-state index in [-0.39, 0.29) is 5.91 Å². The second kappa shape index (κ2) is 8.33. The van der Waals surface area contributed by atoms with Crippen molar-refractivity contribution in [2.75, 3.05) is 30.4 Å². The van der Waals surface area contributed by atoms with Gasteiger partial charge in [-0.1, -0.05) is 12.1 Å². The molecule has 0 unspecified atom stereocenters. The number of imide groups is 1. The molecule has 4 rings (SSSR count). The first-order valence-corrected chi connectivity index (χ1v) is 10.3. The zero-order chi connectivity index (χ0) is 22.9. The van der Waals surface area contributed by atoms with Crippen LogP contribution in [0.4, 0.5) is 16.2 Å². The highest BCUT2D eigenvalue weighted by Crippen LogP contribution is 2.30. The van der Waals surface area contributed by atoms with Crippen LogP contribution in [-0.4, -0.2) is 48.9 Å². The summed E-state index contributed by atoms with van der Waals surface area (Å²) in [6.07, 6.45) is 1.37. The molecule has 9 heteroatoms. The van der Waals surface area contributed by atoms with Gasteiger partial charge in [-0.3, -0.25) is 19.3 Å². The molecule has 5 amide bonds. The third-order valence-electron chi connectivity index (χ3n) is 5.78. The molecule has 2 fully saturated rings. The first kappa shape index (κ1) is 21.4. The number of carbonyl (C=O) groups excluding carboxylic acids is 4. The lowest BCUT2D eigenvalue weighted by atomic mass is 9.92. The number of benzene rings is 2. The summed E-state index contributed by atoms with van der Waals surface area (Å²) in [6.45, 7) is 1.87. The Morgan fingerprint density at radius 1 is 1.09 bits per heavy atom. The molecular weight excluding hydrogens is 412 g/mol. The smallest absolute Gasteiger partial charge is 0.325 e.